The Morgan fingerprint density at radius 2 is 1.59 bits per heavy atom. The second-order valence-electron chi connectivity index (χ2n) is 3.64. The van der Waals surface area contributed by atoms with Crippen molar-refractivity contribution in [3.63, 3.8) is 0 Å². The highest BCUT2D eigenvalue weighted by Gasteiger charge is 2.10. The summed E-state index contributed by atoms with van der Waals surface area (Å²) in [5.41, 5.74) is 2.72. The molecule has 0 atom stereocenters. The van der Waals surface area contributed by atoms with Crippen molar-refractivity contribution >= 4 is 23.4 Å². The van der Waals surface area contributed by atoms with Crippen LogP contribution < -0.4 is 0 Å². The van der Waals surface area contributed by atoms with E-state index < -0.39 is 0 Å². The van der Waals surface area contributed by atoms with Gasteiger partial charge in [-0.15, -0.1) is 0 Å². The lowest BCUT2D eigenvalue weighted by Gasteiger charge is -2.05. The van der Waals surface area contributed by atoms with Crippen molar-refractivity contribution in [2.45, 2.75) is 31.0 Å². The normalized spacial score (nSPS) is 10.6. The van der Waals surface area contributed by atoms with Crippen LogP contribution in [0.2, 0.25) is 5.15 Å². The van der Waals surface area contributed by atoms with Crippen molar-refractivity contribution < 1.29 is 0 Å². The maximum atomic E-state index is 6.03. The van der Waals surface area contributed by atoms with E-state index in [0.717, 1.165) is 17.0 Å². The van der Waals surface area contributed by atoms with E-state index in [4.69, 9.17) is 11.6 Å². The maximum absolute atomic E-state index is 6.03. The molecule has 4 nitrogen and oxygen atoms in total. The van der Waals surface area contributed by atoms with Crippen LogP contribution in [0.4, 0.5) is 0 Å². The molecule has 2 heterocycles. The lowest BCUT2D eigenvalue weighted by atomic mass is 10.4. The summed E-state index contributed by atoms with van der Waals surface area (Å²) in [4.78, 5) is 17.0. The fourth-order valence-electron chi connectivity index (χ4n) is 1.14. The number of hydrogen-bond acceptors (Lipinski definition) is 5. The maximum Gasteiger partial charge on any atom is 0.193 e. The van der Waals surface area contributed by atoms with E-state index in [2.05, 4.69) is 19.9 Å². The van der Waals surface area contributed by atoms with Crippen LogP contribution in [0.25, 0.3) is 0 Å². The minimum absolute atomic E-state index is 0.391. The van der Waals surface area contributed by atoms with Gasteiger partial charge < -0.3 is 0 Å². The van der Waals surface area contributed by atoms with Gasteiger partial charge in [0.1, 0.15) is 5.03 Å². The van der Waals surface area contributed by atoms with Gasteiger partial charge >= 0.3 is 0 Å². The molecule has 0 amide bonds. The van der Waals surface area contributed by atoms with Gasteiger partial charge in [-0.3, -0.25) is 0 Å². The number of hydrogen-bond donors (Lipinski definition) is 0. The Kier molecular flexibility index (Phi) is 3.59. The Balaban J connectivity index is 2.30. The van der Waals surface area contributed by atoms with Gasteiger partial charge in [0, 0.05) is 12.4 Å². The van der Waals surface area contributed by atoms with E-state index in [1.54, 1.807) is 12.4 Å². The predicted molar refractivity (Wildman–Crippen MR) is 67.4 cm³/mol. The Bertz CT molecular complexity index is 542. The second kappa shape index (κ2) is 4.98. The number of halogens is 1. The van der Waals surface area contributed by atoms with Crippen molar-refractivity contribution in [2.75, 3.05) is 0 Å². The molecule has 0 N–H and O–H groups in total. The third-order valence-corrected chi connectivity index (χ3v) is 3.43. The SMILES string of the molecule is Cc1cnc(Sc2nc(C)c(C)nc2Cl)nc1. The highest BCUT2D eigenvalue weighted by atomic mass is 35.5. The molecule has 0 bridgehead atoms. The standard InChI is InChI=1S/C11H11ClN4S/c1-6-4-13-11(14-5-6)17-10-9(12)15-7(2)8(3)16-10/h4-5H,1-3H3. The fourth-order valence-corrected chi connectivity index (χ4v) is 2.12. The Morgan fingerprint density at radius 1 is 1.00 bits per heavy atom. The van der Waals surface area contributed by atoms with Gasteiger partial charge in [-0.25, -0.2) is 19.9 Å². The Hall–Kier alpha value is -1.20. The van der Waals surface area contributed by atoms with E-state index in [0.29, 0.717) is 15.3 Å². The van der Waals surface area contributed by atoms with Crippen molar-refractivity contribution in [2.24, 2.45) is 0 Å². The van der Waals surface area contributed by atoms with Crippen LogP contribution in [0.3, 0.4) is 0 Å². The number of aryl methyl sites for hydroxylation is 3. The predicted octanol–water partition coefficient (Wildman–Crippen LogP) is 3.00. The molecule has 0 aromatic carbocycles. The van der Waals surface area contributed by atoms with Gasteiger partial charge in [0.2, 0.25) is 0 Å². The first-order chi connectivity index (χ1) is 8.06. The summed E-state index contributed by atoms with van der Waals surface area (Å²) in [6.07, 6.45) is 3.52. The molecular weight excluding hydrogens is 256 g/mol. The van der Waals surface area contributed by atoms with Gasteiger partial charge in [-0.05, 0) is 38.1 Å². The first-order valence-corrected chi connectivity index (χ1v) is 6.23. The summed E-state index contributed by atoms with van der Waals surface area (Å²) in [6, 6.07) is 0. The average molecular weight is 267 g/mol. The summed E-state index contributed by atoms with van der Waals surface area (Å²) in [5, 5.41) is 1.65. The third kappa shape index (κ3) is 2.92. The summed E-state index contributed by atoms with van der Waals surface area (Å²) in [6.45, 7) is 5.72. The molecule has 0 radical (unpaired) electrons. The van der Waals surface area contributed by atoms with Crippen LogP contribution >= 0.6 is 23.4 Å². The third-order valence-electron chi connectivity index (χ3n) is 2.18. The van der Waals surface area contributed by atoms with Crippen molar-refractivity contribution in [3.05, 3.63) is 34.5 Å². The van der Waals surface area contributed by atoms with E-state index in [1.807, 2.05) is 20.8 Å². The van der Waals surface area contributed by atoms with E-state index in [-0.39, 0.29) is 0 Å². The van der Waals surface area contributed by atoms with Gasteiger partial charge in [0.25, 0.3) is 0 Å². The molecule has 0 aliphatic rings. The Labute approximate surface area is 109 Å². The van der Waals surface area contributed by atoms with Crippen LogP contribution in [0.1, 0.15) is 17.0 Å². The minimum atomic E-state index is 0.391. The van der Waals surface area contributed by atoms with Crippen LogP contribution in [-0.2, 0) is 0 Å². The zero-order valence-electron chi connectivity index (χ0n) is 9.73. The molecule has 2 aromatic rings. The van der Waals surface area contributed by atoms with E-state index in [9.17, 15) is 0 Å². The van der Waals surface area contributed by atoms with E-state index >= 15 is 0 Å². The van der Waals surface area contributed by atoms with Gasteiger partial charge in [0.15, 0.2) is 10.3 Å². The minimum Gasteiger partial charge on any atom is -0.241 e. The summed E-state index contributed by atoms with van der Waals surface area (Å²) < 4.78 is 0. The molecule has 0 aliphatic heterocycles. The van der Waals surface area contributed by atoms with Crippen molar-refractivity contribution in [1.29, 1.82) is 0 Å². The fraction of sp³-hybridized carbons (Fsp3) is 0.273. The summed E-state index contributed by atoms with van der Waals surface area (Å²) in [7, 11) is 0. The first-order valence-electron chi connectivity index (χ1n) is 5.03. The zero-order valence-corrected chi connectivity index (χ0v) is 11.3. The molecule has 6 heteroatoms. The zero-order chi connectivity index (χ0) is 12.4. The highest BCUT2D eigenvalue weighted by Crippen LogP contribution is 2.28. The van der Waals surface area contributed by atoms with Crippen LogP contribution in [0, 0.1) is 20.8 Å². The largest absolute Gasteiger partial charge is 0.241 e. The van der Waals surface area contributed by atoms with E-state index in [1.165, 1.54) is 11.8 Å². The number of rotatable bonds is 2. The van der Waals surface area contributed by atoms with Crippen LogP contribution in [-0.4, -0.2) is 19.9 Å². The molecule has 17 heavy (non-hydrogen) atoms. The quantitative estimate of drug-likeness (QED) is 0.782. The molecule has 0 saturated carbocycles. The van der Waals surface area contributed by atoms with Crippen LogP contribution in [0.5, 0.6) is 0 Å². The van der Waals surface area contributed by atoms with Crippen molar-refractivity contribution in [1.82, 2.24) is 19.9 Å². The molecule has 0 unspecified atom stereocenters. The summed E-state index contributed by atoms with van der Waals surface area (Å²) >= 11 is 7.35. The average Bonchev–Trinajstić information content (AvgIpc) is 2.29. The molecule has 0 aliphatic carbocycles. The number of nitrogens with zero attached hydrogens (tertiary/aromatic N) is 4. The molecule has 2 aromatic heterocycles. The monoisotopic (exact) mass is 266 g/mol. The van der Waals surface area contributed by atoms with Gasteiger partial charge in [-0.2, -0.15) is 0 Å². The van der Waals surface area contributed by atoms with Gasteiger partial charge in [-0.1, -0.05) is 11.6 Å². The lowest BCUT2D eigenvalue weighted by molar-refractivity contribution is 0.924. The molecule has 88 valence electrons. The van der Waals surface area contributed by atoms with Crippen LogP contribution in [0.15, 0.2) is 22.6 Å². The highest BCUT2D eigenvalue weighted by molar-refractivity contribution is 7.99. The first kappa shape index (κ1) is 12.3. The molecule has 2 rings (SSSR count). The molecule has 0 spiro atoms. The summed E-state index contributed by atoms with van der Waals surface area (Å²) in [5.74, 6) is 0. The molecule has 0 fully saturated rings. The molecule has 0 saturated heterocycles. The van der Waals surface area contributed by atoms with Crippen molar-refractivity contribution in [3.8, 4) is 0 Å². The topological polar surface area (TPSA) is 51.6 Å². The van der Waals surface area contributed by atoms with Gasteiger partial charge in [0.05, 0.1) is 11.4 Å². The lowest BCUT2D eigenvalue weighted by Crippen LogP contribution is -1.96. The number of aromatic nitrogens is 4. The second-order valence-corrected chi connectivity index (χ2v) is 4.95. The smallest absolute Gasteiger partial charge is 0.193 e. The molecular formula is C11H11ClN4S. The Morgan fingerprint density at radius 3 is 2.24 bits per heavy atom.